The summed E-state index contributed by atoms with van der Waals surface area (Å²) in [6.07, 6.45) is 0.758. The molecule has 3 aromatic carbocycles. The lowest BCUT2D eigenvalue weighted by Crippen LogP contribution is -2.15. The smallest absolute Gasteiger partial charge is 0.294 e. The third-order valence-electron chi connectivity index (χ3n) is 5.54. The number of hydrogen-bond donors (Lipinski definition) is 0. The quantitative estimate of drug-likeness (QED) is 0.409. The highest BCUT2D eigenvalue weighted by molar-refractivity contribution is 5.98. The number of furan rings is 1. The molecular formula is C25H20O6. The Morgan fingerprint density at radius 2 is 1.58 bits per heavy atom. The molecule has 6 nitrogen and oxygen atoms in total. The Hall–Kier alpha value is -3.80. The summed E-state index contributed by atoms with van der Waals surface area (Å²) >= 11 is 0. The fourth-order valence-corrected chi connectivity index (χ4v) is 4.09. The molecule has 0 N–H and O–H groups in total. The first kappa shape index (κ1) is 18.0. The fraction of sp³-hybridized carbons (Fsp3) is 0.200. The maximum absolute atomic E-state index is 6.15. The van der Waals surface area contributed by atoms with Crippen LogP contribution in [0.15, 0.2) is 59.0 Å². The van der Waals surface area contributed by atoms with Gasteiger partial charge in [0.2, 0.25) is 6.79 Å². The first-order valence-electron chi connectivity index (χ1n) is 10.3. The first-order chi connectivity index (χ1) is 15.3. The summed E-state index contributed by atoms with van der Waals surface area (Å²) in [5.74, 6) is 4.05. The molecule has 0 saturated heterocycles. The largest absolute Gasteiger partial charge is 0.486 e. The molecule has 156 valence electrons. The normalized spacial score (nSPS) is 14.1. The van der Waals surface area contributed by atoms with Crippen molar-refractivity contribution in [1.82, 2.24) is 0 Å². The molecule has 1 aromatic heterocycles. The van der Waals surface area contributed by atoms with E-state index in [4.69, 9.17) is 28.1 Å². The van der Waals surface area contributed by atoms with Crippen molar-refractivity contribution < 1.29 is 28.1 Å². The topological polar surface area (TPSA) is 59.3 Å². The zero-order chi connectivity index (χ0) is 20.8. The van der Waals surface area contributed by atoms with Crippen LogP contribution in [0.5, 0.6) is 34.7 Å². The van der Waals surface area contributed by atoms with Crippen molar-refractivity contribution in [3.63, 3.8) is 0 Å². The number of hydrogen-bond acceptors (Lipinski definition) is 6. The van der Waals surface area contributed by atoms with Crippen molar-refractivity contribution >= 4 is 11.0 Å². The SMILES string of the molecule is CCc1c(Oc2ccc3c(c2)OCO3)oc2cccc(-c3ccc4c(c3)OCCO4)c12. The summed E-state index contributed by atoms with van der Waals surface area (Å²) in [6.45, 7) is 3.45. The Balaban J connectivity index is 1.44. The van der Waals surface area contributed by atoms with Crippen molar-refractivity contribution in [2.45, 2.75) is 13.3 Å². The van der Waals surface area contributed by atoms with Gasteiger partial charge in [0.15, 0.2) is 23.0 Å². The molecule has 2 aliphatic heterocycles. The van der Waals surface area contributed by atoms with Gasteiger partial charge in [-0.25, -0.2) is 0 Å². The second-order valence-electron chi connectivity index (χ2n) is 7.38. The van der Waals surface area contributed by atoms with E-state index in [1.165, 1.54) is 0 Å². The van der Waals surface area contributed by atoms with Crippen LogP contribution in [0.4, 0.5) is 0 Å². The van der Waals surface area contributed by atoms with Gasteiger partial charge in [0.05, 0.1) is 0 Å². The number of ether oxygens (including phenoxy) is 5. The van der Waals surface area contributed by atoms with Gasteiger partial charge in [-0.15, -0.1) is 0 Å². The molecule has 6 rings (SSSR count). The van der Waals surface area contributed by atoms with Crippen LogP contribution in [0.25, 0.3) is 22.1 Å². The van der Waals surface area contributed by atoms with Gasteiger partial charge < -0.3 is 28.1 Å². The molecule has 0 atom stereocenters. The molecule has 2 aliphatic rings. The average molecular weight is 416 g/mol. The molecule has 0 amide bonds. The van der Waals surface area contributed by atoms with Gasteiger partial charge in [0, 0.05) is 17.0 Å². The number of aryl methyl sites for hydroxylation is 1. The Bertz CT molecular complexity index is 1290. The minimum absolute atomic E-state index is 0.225. The summed E-state index contributed by atoms with van der Waals surface area (Å²) in [4.78, 5) is 0. The number of fused-ring (bicyclic) bond motifs is 3. The zero-order valence-corrected chi connectivity index (χ0v) is 17.0. The monoisotopic (exact) mass is 416 g/mol. The predicted molar refractivity (Wildman–Crippen MR) is 115 cm³/mol. The van der Waals surface area contributed by atoms with Crippen molar-refractivity contribution in [2.24, 2.45) is 0 Å². The molecular weight excluding hydrogens is 396 g/mol. The molecule has 3 heterocycles. The maximum atomic E-state index is 6.15. The highest BCUT2D eigenvalue weighted by Gasteiger charge is 2.21. The summed E-state index contributed by atoms with van der Waals surface area (Å²) in [5.41, 5.74) is 3.90. The minimum Gasteiger partial charge on any atom is -0.486 e. The Morgan fingerprint density at radius 3 is 2.48 bits per heavy atom. The molecule has 0 fully saturated rings. The maximum Gasteiger partial charge on any atom is 0.294 e. The lowest BCUT2D eigenvalue weighted by molar-refractivity contribution is 0.171. The van der Waals surface area contributed by atoms with Crippen LogP contribution in [0.1, 0.15) is 12.5 Å². The van der Waals surface area contributed by atoms with Crippen molar-refractivity contribution in [2.75, 3.05) is 20.0 Å². The molecule has 6 heteroatoms. The van der Waals surface area contributed by atoms with Crippen LogP contribution in [0.2, 0.25) is 0 Å². The van der Waals surface area contributed by atoms with Crippen molar-refractivity contribution in [1.29, 1.82) is 0 Å². The fourth-order valence-electron chi connectivity index (χ4n) is 4.09. The van der Waals surface area contributed by atoms with Crippen LogP contribution >= 0.6 is 0 Å². The summed E-state index contributed by atoms with van der Waals surface area (Å²) in [7, 11) is 0. The Kier molecular flexibility index (Phi) is 4.16. The molecule has 0 unspecified atom stereocenters. The number of rotatable bonds is 4. The standard InChI is InChI=1S/C25H20O6/c1-2-17-24-18(15-6-8-19-22(12-15)27-11-10-26-19)4-3-5-21(24)31-25(17)30-16-7-9-20-23(13-16)29-14-28-20/h3-9,12-13H,2,10-11,14H2,1H3. The van der Waals surface area contributed by atoms with E-state index in [0.717, 1.165) is 45.6 Å². The van der Waals surface area contributed by atoms with E-state index in [-0.39, 0.29) is 6.79 Å². The molecule has 31 heavy (non-hydrogen) atoms. The van der Waals surface area contributed by atoms with Crippen LogP contribution in [0.3, 0.4) is 0 Å². The van der Waals surface area contributed by atoms with E-state index >= 15 is 0 Å². The second kappa shape index (κ2) is 7.16. The van der Waals surface area contributed by atoms with Crippen molar-refractivity contribution in [3.05, 3.63) is 60.2 Å². The van der Waals surface area contributed by atoms with Crippen LogP contribution in [-0.4, -0.2) is 20.0 Å². The summed E-state index contributed by atoms with van der Waals surface area (Å²) < 4.78 is 34.6. The molecule has 0 radical (unpaired) electrons. The highest BCUT2D eigenvalue weighted by Crippen LogP contribution is 2.43. The summed E-state index contributed by atoms with van der Waals surface area (Å²) in [6, 6.07) is 17.6. The van der Waals surface area contributed by atoms with Gasteiger partial charge in [-0.1, -0.05) is 25.1 Å². The van der Waals surface area contributed by atoms with E-state index in [9.17, 15) is 0 Å². The van der Waals surface area contributed by atoms with E-state index in [0.29, 0.717) is 36.4 Å². The third kappa shape index (κ3) is 3.03. The van der Waals surface area contributed by atoms with Gasteiger partial charge in [0.1, 0.15) is 24.5 Å². The van der Waals surface area contributed by atoms with Crippen molar-refractivity contribution in [3.8, 4) is 45.8 Å². The Morgan fingerprint density at radius 1 is 0.806 bits per heavy atom. The molecule has 0 aliphatic carbocycles. The number of benzene rings is 3. The van der Waals surface area contributed by atoms with Gasteiger partial charge in [-0.2, -0.15) is 0 Å². The van der Waals surface area contributed by atoms with E-state index in [2.05, 4.69) is 13.0 Å². The lowest BCUT2D eigenvalue weighted by atomic mass is 9.98. The van der Waals surface area contributed by atoms with Crippen LogP contribution < -0.4 is 23.7 Å². The highest BCUT2D eigenvalue weighted by atomic mass is 16.7. The van der Waals surface area contributed by atoms with E-state index < -0.39 is 0 Å². The van der Waals surface area contributed by atoms with Crippen LogP contribution in [-0.2, 0) is 6.42 Å². The van der Waals surface area contributed by atoms with Crippen LogP contribution in [0, 0.1) is 0 Å². The Labute approximate surface area is 178 Å². The lowest BCUT2D eigenvalue weighted by Gasteiger charge is -2.19. The minimum atomic E-state index is 0.225. The molecule has 0 spiro atoms. The average Bonchev–Trinajstić information content (AvgIpc) is 3.42. The zero-order valence-electron chi connectivity index (χ0n) is 17.0. The molecule has 0 saturated carbocycles. The summed E-state index contributed by atoms with van der Waals surface area (Å²) in [5, 5.41) is 1.04. The van der Waals surface area contributed by atoms with Gasteiger partial charge in [-0.3, -0.25) is 0 Å². The van der Waals surface area contributed by atoms with Gasteiger partial charge in [-0.05, 0) is 47.9 Å². The molecule has 4 aromatic rings. The van der Waals surface area contributed by atoms with Gasteiger partial charge in [0.25, 0.3) is 5.95 Å². The third-order valence-corrected chi connectivity index (χ3v) is 5.54. The van der Waals surface area contributed by atoms with Gasteiger partial charge >= 0.3 is 0 Å². The second-order valence-corrected chi connectivity index (χ2v) is 7.38. The predicted octanol–water partition coefficient (Wildman–Crippen LogP) is 5.95. The van der Waals surface area contributed by atoms with E-state index in [1.54, 1.807) is 0 Å². The first-order valence-corrected chi connectivity index (χ1v) is 10.3. The molecule has 0 bridgehead atoms. The van der Waals surface area contributed by atoms with E-state index in [1.807, 2.05) is 48.5 Å².